The summed E-state index contributed by atoms with van der Waals surface area (Å²) in [5, 5.41) is 11.3. The molecule has 1 unspecified atom stereocenters. The smallest absolute Gasteiger partial charge is 0.238 e. The first kappa shape index (κ1) is 22.2. The average molecular weight is 426 g/mol. The predicted molar refractivity (Wildman–Crippen MR) is 110 cm³/mol. The Kier molecular flexibility index (Phi) is 7.82. The van der Waals surface area contributed by atoms with Crippen molar-refractivity contribution in [3.05, 3.63) is 48.5 Å². The van der Waals surface area contributed by atoms with Gasteiger partial charge in [-0.25, -0.2) is 13.6 Å². The number of anilines is 1. The Balaban J connectivity index is 0.00000280. The zero-order valence-electron chi connectivity index (χ0n) is 15.3. The third-order valence-corrected chi connectivity index (χ3v) is 5.40. The Morgan fingerprint density at radius 2 is 1.71 bits per heavy atom. The minimum atomic E-state index is -3.72. The SMILES string of the molecule is Cl.NS(=O)(=O)c1ccc(Oc2ccc(NC(=O)CCC3CCNC3)cc2)cc1. The first-order valence-electron chi connectivity index (χ1n) is 8.81. The van der Waals surface area contributed by atoms with Crippen LogP contribution in [0.25, 0.3) is 0 Å². The highest BCUT2D eigenvalue weighted by molar-refractivity contribution is 7.89. The molecule has 0 aromatic heterocycles. The summed E-state index contributed by atoms with van der Waals surface area (Å²) in [5.41, 5.74) is 0.710. The van der Waals surface area contributed by atoms with Gasteiger partial charge in [0.1, 0.15) is 11.5 Å². The monoisotopic (exact) mass is 425 g/mol. The molecule has 4 N–H and O–H groups in total. The molecule has 0 bridgehead atoms. The minimum absolute atomic E-state index is 0. The van der Waals surface area contributed by atoms with Gasteiger partial charge in [0.2, 0.25) is 15.9 Å². The van der Waals surface area contributed by atoms with E-state index in [9.17, 15) is 13.2 Å². The van der Waals surface area contributed by atoms with Crippen LogP contribution in [0.2, 0.25) is 0 Å². The number of amides is 1. The van der Waals surface area contributed by atoms with Gasteiger partial charge in [-0.2, -0.15) is 0 Å². The van der Waals surface area contributed by atoms with Crippen LogP contribution in [-0.4, -0.2) is 27.4 Å². The third-order valence-electron chi connectivity index (χ3n) is 4.47. The minimum Gasteiger partial charge on any atom is -0.457 e. The standard InChI is InChI=1S/C19H23N3O4S.ClH/c20-27(24,25)18-8-6-17(7-9-18)26-16-4-2-15(3-5-16)22-19(23)10-1-14-11-12-21-13-14;/h2-9,14,21H,1,10-13H2,(H,22,23)(H2,20,24,25);1H. The molecule has 0 radical (unpaired) electrons. The molecule has 3 rings (SSSR count). The van der Waals surface area contributed by atoms with Crippen molar-refractivity contribution in [2.24, 2.45) is 11.1 Å². The zero-order chi connectivity index (χ0) is 19.3. The van der Waals surface area contributed by atoms with E-state index < -0.39 is 10.0 Å². The first-order chi connectivity index (χ1) is 12.9. The van der Waals surface area contributed by atoms with Crippen molar-refractivity contribution in [3.8, 4) is 11.5 Å². The Hall–Kier alpha value is -2.13. The van der Waals surface area contributed by atoms with E-state index in [2.05, 4.69) is 10.6 Å². The highest BCUT2D eigenvalue weighted by Crippen LogP contribution is 2.24. The average Bonchev–Trinajstić information content (AvgIpc) is 3.15. The van der Waals surface area contributed by atoms with E-state index in [1.54, 1.807) is 24.3 Å². The number of carbonyl (C=O) groups excluding carboxylic acids is 1. The number of ether oxygens (including phenoxy) is 1. The van der Waals surface area contributed by atoms with Gasteiger partial charge >= 0.3 is 0 Å². The van der Waals surface area contributed by atoms with Gasteiger partial charge < -0.3 is 15.4 Å². The summed E-state index contributed by atoms with van der Waals surface area (Å²) in [4.78, 5) is 12.1. The van der Waals surface area contributed by atoms with Crippen molar-refractivity contribution in [2.75, 3.05) is 18.4 Å². The van der Waals surface area contributed by atoms with Crippen molar-refractivity contribution in [2.45, 2.75) is 24.2 Å². The summed E-state index contributed by atoms with van der Waals surface area (Å²) < 4.78 is 28.2. The van der Waals surface area contributed by atoms with Crippen LogP contribution in [0.5, 0.6) is 11.5 Å². The van der Waals surface area contributed by atoms with Gasteiger partial charge in [-0.1, -0.05) is 0 Å². The Bertz CT molecular complexity index is 880. The number of hydrogen-bond donors (Lipinski definition) is 3. The zero-order valence-corrected chi connectivity index (χ0v) is 16.9. The number of nitrogens with one attached hydrogen (secondary N) is 2. The van der Waals surface area contributed by atoms with E-state index >= 15 is 0 Å². The highest BCUT2D eigenvalue weighted by Gasteiger charge is 2.15. The molecule has 2 aromatic rings. The van der Waals surface area contributed by atoms with Crippen LogP contribution in [0.1, 0.15) is 19.3 Å². The van der Waals surface area contributed by atoms with Crippen molar-refractivity contribution in [3.63, 3.8) is 0 Å². The maximum atomic E-state index is 12.0. The van der Waals surface area contributed by atoms with E-state index in [1.807, 2.05) is 0 Å². The lowest BCUT2D eigenvalue weighted by Crippen LogP contribution is -2.14. The molecule has 0 spiro atoms. The van der Waals surface area contributed by atoms with E-state index in [0.29, 0.717) is 29.5 Å². The summed E-state index contributed by atoms with van der Waals surface area (Å²) in [5.74, 6) is 1.67. The molecule has 28 heavy (non-hydrogen) atoms. The van der Waals surface area contributed by atoms with Crippen molar-refractivity contribution < 1.29 is 17.9 Å². The van der Waals surface area contributed by atoms with Crippen LogP contribution in [0.4, 0.5) is 5.69 Å². The van der Waals surface area contributed by atoms with Crippen LogP contribution < -0.4 is 20.5 Å². The number of benzene rings is 2. The molecular weight excluding hydrogens is 402 g/mol. The van der Waals surface area contributed by atoms with Gasteiger partial charge in [-0.15, -0.1) is 12.4 Å². The molecule has 1 saturated heterocycles. The van der Waals surface area contributed by atoms with E-state index in [0.717, 1.165) is 25.9 Å². The molecule has 152 valence electrons. The number of sulfonamides is 1. The van der Waals surface area contributed by atoms with Crippen molar-refractivity contribution >= 4 is 34.0 Å². The van der Waals surface area contributed by atoms with Gasteiger partial charge in [0.25, 0.3) is 0 Å². The maximum Gasteiger partial charge on any atom is 0.238 e. The predicted octanol–water partition coefficient (Wildman–Crippen LogP) is 2.88. The number of rotatable bonds is 7. The fraction of sp³-hybridized carbons (Fsp3) is 0.316. The molecule has 1 aliphatic rings. The van der Waals surface area contributed by atoms with Gasteiger partial charge in [0.05, 0.1) is 4.90 Å². The number of carbonyl (C=O) groups is 1. The summed E-state index contributed by atoms with van der Waals surface area (Å²) in [6.45, 7) is 2.04. The van der Waals surface area contributed by atoms with Crippen LogP contribution >= 0.6 is 12.4 Å². The molecule has 7 nitrogen and oxygen atoms in total. The molecule has 1 atom stereocenters. The molecule has 0 saturated carbocycles. The molecule has 1 aliphatic heterocycles. The van der Waals surface area contributed by atoms with Crippen molar-refractivity contribution in [1.82, 2.24) is 5.32 Å². The van der Waals surface area contributed by atoms with Gasteiger partial charge in [0.15, 0.2) is 0 Å². The van der Waals surface area contributed by atoms with Crippen molar-refractivity contribution in [1.29, 1.82) is 0 Å². The summed E-state index contributed by atoms with van der Waals surface area (Å²) in [6, 6.07) is 12.9. The molecular formula is C19H24ClN3O4S. The second kappa shape index (κ2) is 9.88. The van der Waals surface area contributed by atoms with E-state index in [-0.39, 0.29) is 23.2 Å². The van der Waals surface area contributed by atoms with Gasteiger partial charge in [0, 0.05) is 12.1 Å². The largest absolute Gasteiger partial charge is 0.457 e. The second-order valence-corrected chi connectivity index (χ2v) is 8.15. The lowest BCUT2D eigenvalue weighted by atomic mass is 10.0. The fourth-order valence-electron chi connectivity index (χ4n) is 2.96. The van der Waals surface area contributed by atoms with E-state index in [4.69, 9.17) is 9.88 Å². The fourth-order valence-corrected chi connectivity index (χ4v) is 3.47. The molecule has 2 aromatic carbocycles. The quantitative estimate of drug-likeness (QED) is 0.631. The first-order valence-corrected chi connectivity index (χ1v) is 10.4. The lowest BCUT2D eigenvalue weighted by Gasteiger charge is -2.10. The maximum absolute atomic E-state index is 12.0. The number of halogens is 1. The Morgan fingerprint density at radius 3 is 2.25 bits per heavy atom. The Labute approximate surface area is 171 Å². The lowest BCUT2D eigenvalue weighted by molar-refractivity contribution is -0.116. The van der Waals surface area contributed by atoms with Gasteiger partial charge in [-0.05, 0) is 80.4 Å². The third kappa shape index (κ3) is 6.49. The topological polar surface area (TPSA) is 111 Å². The Morgan fingerprint density at radius 1 is 1.11 bits per heavy atom. The summed E-state index contributed by atoms with van der Waals surface area (Å²) in [6.07, 6.45) is 2.55. The summed E-state index contributed by atoms with van der Waals surface area (Å²) >= 11 is 0. The number of primary sulfonamides is 1. The molecule has 0 aliphatic carbocycles. The molecule has 1 amide bonds. The van der Waals surface area contributed by atoms with Crippen LogP contribution in [0.3, 0.4) is 0 Å². The molecule has 1 heterocycles. The number of hydrogen-bond acceptors (Lipinski definition) is 5. The van der Waals surface area contributed by atoms with Gasteiger partial charge in [-0.3, -0.25) is 4.79 Å². The van der Waals surface area contributed by atoms with Crippen LogP contribution in [0, 0.1) is 5.92 Å². The van der Waals surface area contributed by atoms with Crippen LogP contribution in [-0.2, 0) is 14.8 Å². The molecule has 9 heteroatoms. The van der Waals surface area contributed by atoms with Crippen LogP contribution in [0.15, 0.2) is 53.4 Å². The van der Waals surface area contributed by atoms with E-state index in [1.165, 1.54) is 24.3 Å². The normalized spacial score (nSPS) is 16.2. The number of nitrogens with two attached hydrogens (primary N) is 1. The highest BCUT2D eigenvalue weighted by atomic mass is 35.5. The second-order valence-electron chi connectivity index (χ2n) is 6.59. The molecule has 1 fully saturated rings. The summed E-state index contributed by atoms with van der Waals surface area (Å²) in [7, 11) is -3.72.